The second-order valence-corrected chi connectivity index (χ2v) is 4.06. The van der Waals surface area contributed by atoms with E-state index < -0.39 is 0 Å². The average Bonchev–Trinajstić information content (AvgIpc) is 2.98. The van der Waals surface area contributed by atoms with E-state index >= 15 is 0 Å². The highest BCUT2D eigenvalue weighted by atomic mass is 16.5. The molecule has 2 aromatic heterocycles. The second kappa shape index (κ2) is 3.80. The molecule has 1 saturated carbocycles. The molecule has 6 nitrogen and oxygen atoms in total. The Morgan fingerprint density at radius 2 is 2.41 bits per heavy atom. The van der Waals surface area contributed by atoms with Gasteiger partial charge in [0.1, 0.15) is 11.8 Å². The minimum Gasteiger partial charge on any atom is -0.466 e. The Bertz CT molecular complexity index is 565. The van der Waals surface area contributed by atoms with E-state index in [9.17, 15) is 4.79 Å². The summed E-state index contributed by atoms with van der Waals surface area (Å²) < 4.78 is 5.00. The molecule has 17 heavy (non-hydrogen) atoms. The highest BCUT2D eigenvalue weighted by Crippen LogP contribution is 2.48. The van der Waals surface area contributed by atoms with Crippen molar-refractivity contribution in [1.29, 1.82) is 0 Å². The van der Waals surface area contributed by atoms with E-state index in [0.717, 1.165) is 17.6 Å². The van der Waals surface area contributed by atoms with Crippen LogP contribution in [0.4, 0.5) is 0 Å². The zero-order valence-electron chi connectivity index (χ0n) is 9.38. The Labute approximate surface area is 97.4 Å². The maximum atomic E-state index is 11.6. The van der Waals surface area contributed by atoms with Gasteiger partial charge in [-0.1, -0.05) is 0 Å². The fourth-order valence-electron chi connectivity index (χ4n) is 2.07. The molecule has 1 aliphatic carbocycles. The Balaban J connectivity index is 1.87. The monoisotopic (exact) mass is 232 g/mol. The van der Waals surface area contributed by atoms with Gasteiger partial charge < -0.3 is 9.72 Å². The Morgan fingerprint density at radius 1 is 1.53 bits per heavy atom. The van der Waals surface area contributed by atoms with Crippen molar-refractivity contribution in [2.24, 2.45) is 5.92 Å². The van der Waals surface area contributed by atoms with Crippen LogP contribution in [0.2, 0.25) is 0 Å². The number of hydrogen-bond donors (Lipinski definition) is 1. The van der Waals surface area contributed by atoms with Gasteiger partial charge in [-0.2, -0.15) is 0 Å². The molecular weight excluding hydrogens is 220 g/mol. The van der Waals surface area contributed by atoms with Crippen LogP contribution in [0.1, 0.15) is 25.0 Å². The third kappa shape index (κ3) is 1.65. The van der Waals surface area contributed by atoms with Crippen molar-refractivity contribution in [2.45, 2.75) is 19.3 Å². The molecule has 88 valence electrons. The van der Waals surface area contributed by atoms with E-state index in [1.54, 1.807) is 6.33 Å². The molecule has 0 spiro atoms. The number of H-pyrrole nitrogens is 1. The van der Waals surface area contributed by atoms with Crippen molar-refractivity contribution in [3.63, 3.8) is 0 Å². The van der Waals surface area contributed by atoms with Crippen molar-refractivity contribution >= 4 is 17.1 Å². The highest BCUT2D eigenvalue weighted by molar-refractivity contribution is 5.80. The van der Waals surface area contributed by atoms with E-state index in [1.165, 1.54) is 6.33 Å². The third-order valence-corrected chi connectivity index (χ3v) is 2.98. The first-order valence-electron chi connectivity index (χ1n) is 5.62. The number of nitrogens with one attached hydrogen (secondary N) is 1. The molecule has 2 heterocycles. The summed E-state index contributed by atoms with van der Waals surface area (Å²) in [6.45, 7) is 2.23. The van der Waals surface area contributed by atoms with Crippen LogP contribution in [-0.4, -0.2) is 32.5 Å². The number of ether oxygens (including phenoxy) is 1. The van der Waals surface area contributed by atoms with Crippen LogP contribution >= 0.6 is 0 Å². The number of nitrogens with zero attached hydrogens (tertiary/aromatic N) is 3. The van der Waals surface area contributed by atoms with Gasteiger partial charge >= 0.3 is 5.97 Å². The van der Waals surface area contributed by atoms with Gasteiger partial charge in [0, 0.05) is 5.92 Å². The van der Waals surface area contributed by atoms with E-state index in [0.29, 0.717) is 12.3 Å². The van der Waals surface area contributed by atoms with Gasteiger partial charge in [0.2, 0.25) is 0 Å². The van der Waals surface area contributed by atoms with Crippen LogP contribution in [0, 0.1) is 5.92 Å². The molecule has 1 aliphatic rings. The number of imidazole rings is 1. The molecule has 0 unspecified atom stereocenters. The lowest BCUT2D eigenvalue weighted by Gasteiger charge is -2.01. The van der Waals surface area contributed by atoms with E-state index in [1.807, 2.05) is 6.92 Å². The van der Waals surface area contributed by atoms with Gasteiger partial charge in [-0.15, -0.1) is 0 Å². The summed E-state index contributed by atoms with van der Waals surface area (Å²) in [7, 11) is 0. The molecule has 2 aromatic rings. The molecule has 1 fully saturated rings. The number of esters is 1. The molecule has 0 amide bonds. The Morgan fingerprint density at radius 3 is 3.24 bits per heavy atom. The Kier molecular flexibility index (Phi) is 2.28. The lowest BCUT2D eigenvalue weighted by molar-refractivity contribution is -0.144. The summed E-state index contributed by atoms with van der Waals surface area (Å²) in [5.74, 6) is -0.0554. The van der Waals surface area contributed by atoms with Crippen molar-refractivity contribution in [1.82, 2.24) is 19.9 Å². The lowest BCUT2D eigenvalue weighted by atomic mass is 10.2. The molecule has 0 radical (unpaired) electrons. The molecular formula is C11H12N4O2. The fourth-order valence-corrected chi connectivity index (χ4v) is 2.07. The molecule has 2 atom stereocenters. The summed E-state index contributed by atoms with van der Waals surface area (Å²) in [4.78, 5) is 26.9. The summed E-state index contributed by atoms with van der Waals surface area (Å²) in [5.41, 5.74) is 2.33. The number of rotatable bonds is 3. The van der Waals surface area contributed by atoms with Gasteiger partial charge in [-0.05, 0) is 13.3 Å². The molecule has 0 aliphatic heterocycles. The summed E-state index contributed by atoms with van der Waals surface area (Å²) in [6, 6.07) is 0. The number of aromatic nitrogens is 4. The minimum atomic E-state index is -0.135. The van der Waals surface area contributed by atoms with E-state index in [2.05, 4.69) is 19.9 Å². The first kappa shape index (κ1) is 10.2. The Hall–Kier alpha value is -1.98. The zero-order valence-corrected chi connectivity index (χ0v) is 9.38. The van der Waals surface area contributed by atoms with Crippen LogP contribution < -0.4 is 0 Å². The maximum Gasteiger partial charge on any atom is 0.309 e. The number of fused-ring (bicyclic) bond motifs is 1. The highest BCUT2D eigenvalue weighted by Gasteiger charge is 2.47. The van der Waals surface area contributed by atoms with Gasteiger partial charge in [0.05, 0.1) is 24.5 Å². The lowest BCUT2D eigenvalue weighted by Crippen LogP contribution is -2.07. The topological polar surface area (TPSA) is 80.8 Å². The van der Waals surface area contributed by atoms with Crippen molar-refractivity contribution in [3.05, 3.63) is 18.3 Å². The van der Waals surface area contributed by atoms with Gasteiger partial charge in [0.25, 0.3) is 0 Å². The van der Waals surface area contributed by atoms with Gasteiger partial charge in [-0.25, -0.2) is 15.0 Å². The average molecular weight is 232 g/mol. The van der Waals surface area contributed by atoms with Crippen LogP contribution in [-0.2, 0) is 9.53 Å². The first-order chi connectivity index (χ1) is 8.31. The van der Waals surface area contributed by atoms with Crippen LogP contribution in [0.3, 0.4) is 0 Å². The number of carbonyl (C=O) groups excluding carboxylic acids is 1. The predicted molar refractivity (Wildman–Crippen MR) is 59.2 cm³/mol. The standard InChI is InChI=1S/C11H12N4O2/c1-2-17-11(16)7-3-6(7)8-9-10(14-4-12-8)15-5-13-9/h4-7H,2-3H2,1H3,(H,12,13,14,15)/t6-,7-/m0/s1. The first-order valence-corrected chi connectivity index (χ1v) is 5.62. The second-order valence-electron chi connectivity index (χ2n) is 4.06. The number of hydrogen-bond acceptors (Lipinski definition) is 5. The normalized spacial score (nSPS) is 22.6. The van der Waals surface area contributed by atoms with Crippen molar-refractivity contribution in [3.8, 4) is 0 Å². The molecule has 0 saturated heterocycles. The fraction of sp³-hybridized carbons (Fsp3) is 0.455. The molecule has 0 aromatic carbocycles. The van der Waals surface area contributed by atoms with E-state index in [4.69, 9.17) is 4.74 Å². The number of carbonyl (C=O) groups is 1. The van der Waals surface area contributed by atoms with Gasteiger partial charge in [0.15, 0.2) is 5.65 Å². The maximum absolute atomic E-state index is 11.6. The predicted octanol–water partition coefficient (Wildman–Crippen LogP) is 1.02. The molecule has 1 N–H and O–H groups in total. The smallest absolute Gasteiger partial charge is 0.309 e. The molecule has 6 heteroatoms. The summed E-state index contributed by atoms with van der Waals surface area (Å²) >= 11 is 0. The van der Waals surface area contributed by atoms with Crippen LogP contribution in [0.25, 0.3) is 11.2 Å². The zero-order chi connectivity index (χ0) is 11.8. The van der Waals surface area contributed by atoms with Crippen molar-refractivity contribution < 1.29 is 9.53 Å². The summed E-state index contributed by atoms with van der Waals surface area (Å²) in [6.07, 6.45) is 3.87. The van der Waals surface area contributed by atoms with Crippen LogP contribution in [0.5, 0.6) is 0 Å². The SMILES string of the molecule is CCOC(=O)[C@H]1C[C@@H]1c1ncnc2nc[nH]c12. The van der Waals surface area contributed by atoms with E-state index in [-0.39, 0.29) is 17.8 Å². The van der Waals surface area contributed by atoms with Crippen LogP contribution in [0.15, 0.2) is 12.7 Å². The molecule has 0 bridgehead atoms. The summed E-state index contributed by atoms with van der Waals surface area (Å²) in [5, 5.41) is 0. The molecule has 3 rings (SSSR count). The van der Waals surface area contributed by atoms with Crippen molar-refractivity contribution in [2.75, 3.05) is 6.61 Å². The minimum absolute atomic E-state index is 0.0589. The quantitative estimate of drug-likeness (QED) is 0.799. The largest absolute Gasteiger partial charge is 0.466 e. The number of aromatic amines is 1. The van der Waals surface area contributed by atoms with Gasteiger partial charge in [-0.3, -0.25) is 4.79 Å². The third-order valence-electron chi connectivity index (χ3n) is 2.98.